The number of anilines is 2. The average Bonchev–Trinajstić information content (AvgIpc) is 2.99. The van der Waals surface area contributed by atoms with Crippen molar-refractivity contribution in [2.75, 3.05) is 11.4 Å². The Hall–Kier alpha value is -2.75. The number of aromatic nitrogens is 4. The Morgan fingerprint density at radius 2 is 1.96 bits per heavy atom. The van der Waals surface area contributed by atoms with Crippen molar-refractivity contribution in [2.45, 2.75) is 6.43 Å². The minimum absolute atomic E-state index is 0.0291. The monoisotopic (exact) mass is 453 g/mol. The average molecular weight is 454 g/mol. The number of rotatable bonds is 4. The fourth-order valence-corrected chi connectivity index (χ4v) is 3.62. The van der Waals surface area contributed by atoms with Gasteiger partial charge in [-0.1, -0.05) is 33.3 Å². The fourth-order valence-electron chi connectivity index (χ4n) is 3.16. The van der Waals surface area contributed by atoms with E-state index in [1.807, 2.05) is 0 Å². The van der Waals surface area contributed by atoms with Crippen molar-refractivity contribution in [3.63, 3.8) is 0 Å². The Bertz CT molecular complexity index is 1170. The molecule has 2 aromatic carbocycles. The molecule has 0 spiro atoms. The lowest BCUT2D eigenvalue weighted by atomic mass is 10.1. The summed E-state index contributed by atoms with van der Waals surface area (Å²) in [6.45, 7) is -0.807. The molecule has 0 unspecified atom stereocenters. The summed E-state index contributed by atoms with van der Waals surface area (Å²) in [4.78, 5) is 5.38. The first kappa shape index (κ1) is 18.6. The summed E-state index contributed by atoms with van der Waals surface area (Å²) in [5.41, 5.74) is 0.744. The van der Waals surface area contributed by atoms with Gasteiger partial charge in [-0.2, -0.15) is 0 Å². The molecule has 4 aromatic rings. The van der Waals surface area contributed by atoms with Gasteiger partial charge in [-0.15, -0.1) is 5.10 Å². The Morgan fingerprint density at radius 1 is 1.18 bits per heavy atom. The normalized spacial score (nSPS) is 11.7. The van der Waals surface area contributed by atoms with Crippen molar-refractivity contribution in [3.05, 3.63) is 52.5 Å². The van der Waals surface area contributed by atoms with Crippen molar-refractivity contribution >= 4 is 49.4 Å². The number of nitrogens with zero attached hydrogens (tertiary/aromatic N) is 5. The van der Waals surface area contributed by atoms with E-state index in [-0.39, 0.29) is 22.5 Å². The van der Waals surface area contributed by atoms with Crippen LogP contribution in [0.3, 0.4) is 0 Å². The molecule has 0 N–H and O–H groups in total. The lowest BCUT2D eigenvalue weighted by Crippen LogP contribution is -2.25. The van der Waals surface area contributed by atoms with Gasteiger partial charge in [0.2, 0.25) is 5.65 Å². The summed E-state index contributed by atoms with van der Waals surface area (Å²) in [6, 6.07) is 8.09. The molecule has 0 aliphatic heterocycles. The van der Waals surface area contributed by atoms with Crippen LogP contribution in [0, 0.1) is 11.6 Å². The Morgan fingerprint density at radius 3 is 2.68 bits per heavy atom. The van der Waals surface area contributed by atoms with Crippen LogP contribution in [0.1, 0.15) is 0 Å². The quantitative estimate of drug-likeness (QED) is 0.409. The molecule has 5 nitrogen and oxygen atoms in total. The van der Waals surface area contributed by atoms with Crippen LogP contribution in [-0.4, -0.2) is 32.9 Å². The van der Waals surface area contributed by atoms with Gasteiger partial charge < -0.3 is 4.90 Å². The SMILES string of the molecule is Cn1nnc2nc(N(CC(F)F)c3cc(F)cc(Br)c3)c3c(F)cccc3c21. The molecule has 28 heavy (non-hydrogen) atoms. The molecule has 0 fully saturated rings. The molecule has 0 bridgehead atoms. The molecule has 0 atom stereocenters. The van der Waals surface area contributed by atoms with E-state index in [9.17, 15) is 17.6 Å². The highest BCUT2D eigenvalue weighted by Crippen LogP contribution is 2.37. The third-order valence-electron chi connectivity index (χ3n) is 4.25. The van der Waals surface area contributed by atoms with Crippen molar-refractivity contribution in [1.82, 2.24) is 20.0 Å². The van der Waals surface area contributed by atoms with Crippen molar-refractivity contribution in [1.29, 1.82) is 0 Å². The van der Waals surface area contributed by atoms with E-state index in [2.05, 4.69) is 31.2 Å². The van der Waals surface area contributed by atoms with E-state index in [1.165, 1.54) is 28.9 Å². The Kier molecular flexibility index (Phi) is 4.66. The van der Waals surface area contributed by atoms with Crippen LogP contribution >= 0.6 is 15.9 Å². The standard InChI is InChI=1S/C18H12BrF4N5/c1-27-16-12-3-2-4-13(21)15(12)18(24-17(16)25-26-27)28(8-14(22)23)11-6-9(19)5-10(20)7-11/h2-7,14H,8H2,1H3. The highest BCUT2D eigenvalue weighted by Gasteiger charge is 2.24. The number of hydrogen-bond donors (Lipinski definition) is 0. The maximum Gasteiger partial charge on any atom is 0.256 e. The second-order valence-corrected chi connectivity index (χ2v) is 7.03. The molecule has 0 radical (unpaired) electrons. The molecule has 0 saturated carbocycles. The summed E-state index contributed by atoms with van der Waals surface area (Å²) in [5.74, 6) is -1.36. The Balaban J connectivity index is 2.07. The number of hydrogen-bond acceptors (Lipinski definition) is 4. The van der Waals surface area contributed by atoms with E-state index >= 15 is 0 Å². The topological polar surface area (TPSA) is 46.8 Å². The number of alkyl halides is 2. The van der Waals surface area contributed by atoms with Gasteiger partial charge in [-0.25, -0.2) is 27.2 Å². The van der Waals surface area contributed by atoms with Crippen molar-refractivity contribution in [2.24, 2.45) is 7.05 Å². The van der Waals surface area contributed by atoms with E-state index < -0.39 is 24.6 Å². The molecule has 0 aliphatic rings. The van der Waals surface area contributed by atoms with Gasteiger partial charge in [0, 0.05) is 22.6 Å². The molecule has 0 saturated heterocycles. The van der Waals surface area contributed by atoms with E-state index in [1.54, 1.807) is 13.1 Å². The van der Waals surface area contributed by atoms with Crippen LogP contribution in [0.4, 0.5) is 29.1 Å². The first-order valence-corrected chi connectivity index (χ1v) is 8.94. The zero-order valence-electron chi connectivity index (χ0n) is 14.4. The van der Waals surface area contributed by atoms with E-state index in [4.69, 9.17) is 0 Å². The minimum Gasteiger partial charge on any atom is -0.320 e. The number of halogens is 5. The molecule has 2 aromatic heterocycles. The van der Waals surface area contributed by atoms with Crippen LogP contribution in [0.2, 0.25) is 0 Å². The smallest absolute Gasteiger partial charge is 0.256 e. The van der Waals surface area contributed by atoms with Gasteiger partial charge in [0.15, 0.2) is 0 Å². The van der Waals surface area contributed by atoms with Crippen LogP contribution in [-0.2, 0) is 7.05 Å². The number of pyridine rings is 1. The molecule has 0 aliphatic carbocycles. The van der Waals surface area contributed by atoms with Crippen molar-refractivity contribution in [3.8, 4) is 0 Å². The summed E-state index contributed by atoms with van der Waals surface area (Å²) >= 11 is 3.15. The Labute approximate surface area is 164 Å². The first-order chi connectivity index (χ1) is 13.3. The molecule has 10 heteroatoms. The van der Waals surface area contributed by atoms with Crippen LogP contribution in [0.15, 0.2) is 40.9 Å². The van der Waals surface area contributed by atoms with Gasteiger partial charge >= 0.3 is 0 Å². The third-order valence-corrected chi connectivity index (χ3v) is 4.71. The lowest BCUT2D eigenvalue weighted by Gasteiger charge is -2.25. The molecular formula is C18H12BrF4N5. The first-order valence-electron chi connectivity index (χ1n) is 8.14. The minimum atomic E-state index is -2.77. The molecule has 144 valence electrons. The fraction of sp³-hybridized carbons (Fsp3) is 0.167. The van der Waals surface area contributed by atoms with E-state index in [0.717, 1.165) is 11.0 Å². The summed E-state index contributed by atoms with van der Waals surface area (Å²) in [6.07, 6.45) is -2.77. The van der Waals surface area contributed by atoms with Gasteiger partial charge in [0.25, 0.3) is 6.43 Å². The van der Waals surface area contributed by atoms with Gasteiger partial charge in [-0.05, 0) is 24.3 Å². The second-order valence-electron chi connectivity index (χ2n) is 6.11. The van der Waals surface area contributed by atoms with Crippen LogP contribution in [0.25, 0.3) is 21.9 Å². The number of benzene rings is 2. The van der Waals surface area contributed by atoms with Crippen LogP contribution in [0.5, 0.6) is 0 Å². The molecule has 2 heterocycles. The largest absolute Gasteiger partial charge is 0.320 e. The molecule has 4 rings (SSSR count). The highest BCUT2D eigenvalue weighted by molar-refractivity contribution is 9.10. The number of fused-ring (bicyclic) bond motifs is 3. The maximum absolute atomic E-state index is 14.8. The highest BCUT2D eigenvalue weighted by atomic mass is 79.9. The van der Waals surface area contributed by atoms with Gasteiger partial charge in [0.05, 0.1) is 11.9 Å². The number of aryl methyl sites for hydroxylation is 1. The van der Waals surface area contributed by atoms with Gasteiger partial charge in [0.1, 0.15) is 23.0 Å². The van der Waals surface area contributed by atoms with Crippen LogP contribution < -0.4 is 4.90 Å². The zero-order valence-corrected chi connectivity index (χ0v) is 16.0. The third kappa shape index (κ3) is 3.17. The molecule has 0 amide bonds. The zero-order chi connectivity index (χ0) is 20.0. The summed E-state index contributed by atoms with van der Waals surface area (Å²) < 4.78 is 57.3. The van der Waals surface area contributed by atoms with E-state index in [0.29, 0.717) is 15.4 Å². The predicted octanol–water partition coefficient (Wildman–Crippen LogP) is 4.96. The van der Waals surface area contributed by atoms with Crippen molar-refractivity contribution < 1.29 is 17.6 Å². The molecular weight excluding hydrogens is 442 g/mol. The lowest BCUT2D eigenvalue weighted by molar-refractivity contribution is 0.158. The second kappa shape index (κ2) is 7.01. The maximum atomic E-state index is 14.8. The summed E-state index contributed by atoms with van der Waals surface area (Å²) in [7, 11) is 1.63. The summed E-state index contributed by atoms with van der Waals surface area (Å²) in [5, 5.41) is 8.26. The van der Waals surface area contributed by atoms with Gasteiger partial charge in [-0.3, -0.25) is 0 Å². The predicted molar refractivity (Wildman–Crippen MR) is 101 cm³/mol.